The molecule has 0 fully saturated rings. The Morgan fingerprint density at radius 3 is 2.83 bits per heavy atom. The molecule has 0 radical (unpaired) electrons. The molecule has 12 heavy (non-hydrogen) atoms. The topological polar surface area (TPSA) is 18.5 Å². The molecule has 0 aliphatic carbocycles. The summed E-state index contributed by atoms with van der Waals surface area (Å²) in [4.78, 5) is 0. The van der Waals surface area contributed by atoms with E-state index in [-0.39, 0.29) is 0 Å². The molecule has 0 unspecified atom stereocenters. The lowest BCUT2D eigenvalue weighted by Gasteiger charge is -2.04. The standard InChI is InChI=1S/C9H11ClO2/c1-11-5-6-12-9-4-2-3-8(10)7-9/h2-4,7H,5-6H2,1H3. The van der Waals surface area contributed by atoms with E-state index in [0.717, 1.165) is 5.75 Å². The second-order valence-electron chi connectivity index (χ2n) is 2.30. The Morgan fingerprint density at radius 1 is 1.33 bits per heavy atom. The highest BCUT2D eigenvalue weighted by Gasteiger charge is 1.93. The third-order valence-electron chi connectivity index (χ3n) is 1.35. The van der Waals surface area contributed by atoms with Gasteiger partial charge in [0.2, 0.25) is 0 Å². The minimum atomic E-state index is 0.552. The van der Waals surface area contributed by atoms with Crippen LogP contribution in [-0.4, -0.2) is 20.3 Å². The molecular formula is C9H11ClO2. The number of methoxy groups -OCH3 is 1. The molecule has 66 valence electrons. The number of ether oxygens (including phenoxy) is 2. The molecule has 0 N–H and O–H groups in total. The second-order valence-corrected chi connectivity index (χ2v) is 2.74. The molecule has 0 aliphatic rings. The Labute approximate surface area is 77.1 Å². The first-order valence-electron chi connectivity index (χ1n) is 3.70. The Hall–Kier alpha value is -0.730. The monoisotopic (exact) mass is 186 g/mol. The third-order valence-corrected chi connectivity index (χ3v) is 1.59. The molecule has 1 aromatic rings. The van der Waals surface area contributed by atoms with Gasteiger partial charge in [-0.05, 0) is 18.2 Å². The summed E-state index contributed by atoms with van der Waals surface area (Å²) >= 11 is 5.75. The molecule has 1 rings (SSSR count). The van der Waals surface area contributed by atoms with Crippen molar-refractivity contribution in [3.05, 3.63) is 29.3 Å². The fourth-order valence-corrected chi connectivity index (χ4v) is 0.980. The second kappa shape index (κ2) is 5.01. The summed E-state index contributed by atoms with van der Waals surface area (Å²) in [5.41, 5.74) is 0. The van der Waals surface area contributed by atoms with Crippen LogP contribution in [0.15, 0.2) is 24.3 Å². The van der Waals surface area contributed by atoms with Gasteiger partial charge in [0, 0.05) is 12.1 Å². The van der Waals surface area contributed by atoms with Crippen LogP contribution in [0.1, 0.15) is 0 Å². The lowest BCUT2D eigenvalue weighted by Crippen LogP contribution is -2.03. The van der Waals surface area contributed by atoms with Gasteiger partial charge in [-0.25, -0.2) is 0 Å². The maximum absolute atomic E-state index is 5.75. The quantitative estimate of drug-likeness (QED) is 0.673. The maximum Gasteiger partial charge on any atom is 0.120 e. The van der Waals surface area contributed by atoms with E-state index in [0.29, 0.717) is 18.2 Å². The van der Waals surface area contributed by atoms with Crippen molar-refractivity contribution < 1.29 is 9.47 Å². The van der Waals surface area contributed by atoms with Crippen LogP contribution in [-0.2, 0) is 4.74 Å². The average molecular weight is 187 g/mol. The predicted octanol–water partition coefficient (Wildman–Crippen LogP) is 2.37. The normalized spacial score (nSPS) is 9.83. The molecular weight excluding hydrogens is 176 g/mol. The van der Waals surface area contributed by atoms with Gasteiger partial charge >= 0.3 is 0 Å². The number of hydrogen-bond acceptors (Lipinski definition) is 2. The largest absolute Gasteiger partial charge is 0.491 e. The smallest absolute Gasteiger partial charge is 0.120 e. The van der Waals surface area contributed by atoms with Gasteiger partial charge in [-0.1, -0.05) is 17.7 Å². The highest BCUT2D eigenvalue weighted by atomic mass is 35.5. The zero-order valence-corrected chi connectivity index (χ0v) is 7.67. The van der Waals surface area contributed by atoms with Gasteiger partial charge in [0.05, 0.1) is 6.61 Å². The van der Waals surface area contributed by atoms with Crippen LogP contribution >= 0.6 is 11.6 Å². The average Bonchev–Trinajstić information content (AvgIpc) is 2.05. The van der Waals surface area contributed by atoms with Gasteiger partial charge in [0.25, 0.3) is 0 Å². The first kappa shape index (κ1) is 9.36. The molecule has 0 saturated heterocycles. The zero-order valence-electron chi connectivity index (χ0n) is 6.92. The van der Waals surface area contributed by atoms with Crippen LogP contribution in [0.25, 0.3) is 0 Å². The molecule has 0 spiro atoms. The van der Waals surface area contributed by atoms with Crippen molar-refractivity contribution >= 4 is 11.6 Å². The first-order valence-corrected chi connectivity index (χ1v) is 4.08. The van der Waals surface area contributed by atoms with Crippen LogP contribution in [0.3, 0.4) is 0 Å². The van der Waals surface area contributed by atoms with E-state index in [2.05, 4.69) is 0 Å². The van der Waals surface area contributed by atoms with Crippen LogP contribution in [0, 0.1) is 0 Å². The van der Waals surface area contributed by atoms with Crippen molar-refractivity contribution in [2.24, 2.45) is 0 Å². The van der Waals surface area contributed by atoms with Crippen LogP contribution < -0.4 is 4.74 Å². The van der Waals surface area contributed by atoms with Crippen molar-refractivity contribution in [3.63, 3.8) is 0 Å². The number of hydrogen-bond donors (Lipinski definition) is 0. The van der Waals surface area contributed by atoms with Crippen LogP contribution in [0.2, 0.25) is 5.02 Å². The number of benzene rings is 1. The number of halogens is 1. The Kier molecular flexibility index (Phi) is 3.91. The minimum Gasteiger partial charge on any atom is -0.491 e. The summed E-state index contributed by atoms with van der Waals surface area (Å²) < 4.78 is 10.2. The van der Waals surface area contributed by atoms with Gasteiger partial charge in [-0.3, -0.25) is 0 Å². The summed E-state index contributed by atoms with van der Waals surface area (Å²) in [6, 6.07) is 7.30. The van der Waals surface area contributed by atoms with Crippen molar-refractivity contribution in [2.45, 2.75) is 0 Å². The molecule has 0 aliphatic heterocycles. The van der Waals surface area contributed by atoms with E-state index in [1.165, 1.54) is 0 Å². The van der Waals surface area contributed by atoms with Crippen molar-refractivity contribution in [1.82, 2.24) is 0 Å². The van der Waals surface area contributed by atoms with Crippen molar-refractivity contribution in [2.75, 3.05) is 20.3 Å². The van der Waals surface area contributed by atoms with Gasteiger partial charge in [-0.2, -0.15) is 0 Å². The summed E-state index contributed by atoms with van der Waals surface area (Å²) in [6.45, 7) is 1.14. The van der Waals surface area contributed by atoms with E-state index in [4.69, 9.17) is 21.1 Å². The van der Waals surface area contributed by atoms with E-state index in [9.17, 15) is 0 Å². The van der Waals surface area contributed by atoms with Gasteiger partial charge in [0.15, 0.2) is 0 Å². The molecule has 2 nitrogen and oxygen atoms in total. The first-order chi connectivity index (χ1) is 5.83. The molecule has 0 amide bonds. The summed E-state index contributed by atoms with van der Waals surface area (Å²) in [5, 5.41) is 0.685. The van der Waals surface area contributed by atoms with Crippen molar-refractivity contribution in [1.29, 1.82) is 0 Å². The van der Waals surface area contributed by atoms with E-state index >= 15 is 0 Å². The zero-order chi connectivity index (χ0) is 8.81. The lowest BCUT2D eigenvalue weighted by molar-refractivity contribution is 0.146. The van der Waals surface area contributed by atoms with Gasteiger partial charge in [0.1, 0.15) is 12.4 Å². The lowest BCUT2D eigenvalue weighted by atomic mass is 10.3. The van der Waals surface area contributed by atoms with Crippen LogP contribution in [0.5, 0.6) is 5.75 Å². The highest BCUT2D eigenvalue weighted by molar-refractivity contribution is 6.30. The van der Waals surface area contributed by atoms with E-state index in [1.807, 2.05) is 18.2 Å². The third kappa shape index (κ3) is 3.11. The van der Waals surface area contributed by atoms with Crippen LogP contribution in [0.4, 0.5) is 0 Å². The van der Waals surface area contributed by atoms with E-state index < -0.39 is 0 Å². The Morgan fingerprint density at radius 2 is 2.17 bits per heavy atom. The Bertz CT molecular complexity index is 238. The molecule has 0 heterocycles. The highest BCUT2D eigenvalue weighted by Crippen LogP contribution is 2.16. The number of rotatable bonds is 4. The summed E-state index contributed by atoms with van der Waals surface area (Å²) in [5.74, 6) is 0.777. The Balaban J connectivity index is 2.41. The molecule has 0 atom stereocenters. The molecule has 3 heteroatoms. The van der Waals surface area contributed by atoms with Gasteiger partial charge < -0.3 is 9.47 Å². The fourth-order valence-electron chi connectivity index (χ4n) is 0.800. The van der Waals surface area contributed by atoms with Crippen molar-refractivity contribution in [3.8, 4) is 5.75 Å². The predicted molar refractivity (Wildman–Crippen MR) is 48.8 cm³/mol. The van der Waals surface area contributed by atoms with Gasteiger partial charge in [-0.15, -0.1) is 0 Å². The molecule has 0 bridgehead atoms. The summed E-state index contributed by atoms with van der Waals surface area (Å²) in [6.07, 6.45) is 0. The molecule has 0 saturated carbocycles. The fraction of sp³-hybridized carbons (Fsp3) is 0.333. The summed E-state index contributed by atoms with van der Waals surface area (Å²) in [7, 11) is 1.64. The maximum atomic E-state index is 5.75. The SMILES string of the molecule is COCCOc1cccc(Cl)c1. The minimum absolute atomic E-state index is 0.552. The van der Waals surface area contributed by atoms with E-state index in [1.54, 1.807) is 13.2 Å². The molecule has 0 aromatic heterocycles. The molecule has 1 aromatic carbocycles.